The van der Waals surface area contributed by atoms with Crippen molar-refractivity contribution in [3.8, 4) is 11.5 Å². The summed E-state index contributed by atoms with van der Waals surface area (Å²) in [5.41, 5.74) is -1.71. The Kier molecular flexibility index (Phi) is 5.11. The van der Waals surface area contributed by atoms with Crippen LogP contribution in [0.3, 0.4) is 0 Å². The van der Waals surface area contributed by atoms with Gasteiger partial charge in [-0.2, -0.15) is 13.2 Å². The molecule has 0 spiro atoms. The van der Waals surface area contributed by atoms with Gasteiger partial charge in [0.25, 0.3) is 5.69 Å². The quantitative estimate of drug-likeness (QED) is 0.303. The molecule has 1 unspecified atom stereocenters. The molecular formula is C14H9ClF4NO4P. The van der Waals surface area contributed by atoms with E-state index in [0.717, 1.165) is 30.9 Å². The maximum atomic E-state index is 13.8. The summed E-state index contributed by atoms with van der Waals surface area (Å²) in [6, 6.07) is 4.69. The highest BCUT2D eigenvalue weighted by Gasteiger charge is 2.31. The molecule has 0 aliphatic heterocycles. The van der Waals surface area contributed by atoms with Crippen LogP contribution in [0, 0.1) is 15.9 Å². The van der Waals surface area contributed by atoms with Crippen LogP contribution in [0.4, 0.5) is 23.2 Å². The third kappa shape index (κ3) is 4.49. The maximum absolute atomic E-state index is 13.8. The van der Waals surface area contributed by atoms with Crippen LogP contribution in [0.2, 0.25) is 0 Å². The van der Waals surface area contributed by atoms with Gasteiger partial charge < -0.3 is 9.30 Å². The summed E-state index contributed by atoms with van der Waals surface area (Å²) in [5, 5.41) is 10.6. The standard InChI is InChI=1S/C14H9ClF4NO4P/c1-25(15,23)13-7-9(3-4-11(13)20(21)22)24-12-5-2-8(6-10(12)16)14(17,18)19/h2-7H,1H3. The highest BCUT2D eigenvalue weighted by Crippen LogP contribution is 2.49. The van der Waals surface area contributed by atoms with Crippen LogP contribution in [0.5, 0.6) is 11.5 Å². The van der Waals surface area contributed by atoms with E-state index in [1.807, 2.05) is 0 Å². The molecule has 2 aromatic rings. The monoisotopic (exact) mass is 397 g/mol. The second-order valence-electron chi connectivity index (χ2n) is 4.97. The third-order valence-corrected chi connectivity index (χ3v) is 4.83. The average molecular weight is 398 g/mol. The van der Waals surface area contributed by atoms with Crippen LogP contribution in [-0.2, 0) is 10.7 Å². The zero-order valence-corrected chi connectivity index (χ0v) is 14.0. The summed E-state index contributed by atoms with van der Waals surface area (Å²) in [7, 11) is 0. The number of hydrogen-bond donors (Lipinski definition) is 0. The van der Waals surface area contributed by atoms with E-state index in [1.54, 1.807) is 0 Å². The van der Waals surface area contributed by atoms with E-state index >= 15 is 0 Å². The molecule has 2 rings (SSSR count). The second kappa shape index (κ2) is 6.65. The van der Waals surface area contributed by atoms with Crippen molar-refractivity contribution in [3.05, 3.63) is 57.9 Å². The molecule has 0 heterocycles. The lowest BCUT2D eigenvalue weighted by molar-refractivity contribution is -0.383. The van der Waals surface area contributed by atoms with E-state index in [9.17, 15) is 32.2 Å². The van der Waals surface area contributed by atoms with Crippen LogP contribution in [0.25, 0.3) is 0 Å². The number of benzene rings is 2. The van der Waals surface area contributed by atoms with Crippen molar-refractivity contribution in [3.63, 3.8) is 0 Å². The Labute approximate surface area is 143 Å². The molecular weight excluding hydrogens is 389 g/mol. The topological polar surface area (TPSA) is 69.4 Å². The summed E-state index contributed by atoms with van der Waals surface area (Å²) in [6.07, 6.45) is -4.71. The molecule has 5 nitrogen and oxygen atoms in total. The van der Waals surface area contributed by atoms with Gasteiger partial charge >= 0.3 is 6.18 Å². The SMILES string of the molecule is CP(=O)(Cl)c1cc(Oc2ccc(C(F)(F)F)cc2F)ccc1[N+](=O)[O-]. The van der Waals surface area contributed by atoms with Gasteiger partial charge in [-0.25, -0.2) is 4.39 Å². The molecule has 11 heteroatoms. The number of nitrogens with zero attached hydrogens (tertiary/aromatic N) is 1. The minimum atomic E-state index is -4.71. The van der Waals surface area contributed by atoms with Crippen LogP contribution < -0.4 is 10.0 Å². The zero-order valence-electron chi connectivity index (χ0n) is 12.4. The summed E-state index contributed by atoms with van der Waals surface area (Å²) in [6.45, 7) is -2.49. The third-order valence-electron chi connectivity index (χ3n) is 3.06. The fourth-order valence-corrected chi connectivity index (χ4v) is 3.26. The number of halogens is 5. The maximum Gasteiger partial charge on any atom is 0.416 e. The highest BCUT2D eigenvalue weighted by molar-refractivity contribution is 7.94. The summed E-state index contributed by atoms with van der Waals surface area (Å²) >= 11 is 5.68. The minimum absolute atomic E-state index is 0.165. The molecule has 0 N–H and O–H groups in total. The smallest absolute Gasteiger partial charge is 0.416 e. The van der Waals surface area contributed by atoms with Crippen molar-refractivity contribution in [2.75, 3.05) is 6.66 Å². The Morgan fingerprint density at radius 2 is 1.84 bits per heavy atom. The van der Waals surface area contributed by atoms with Crippen LogP contribution >= 0.6 is 17.7 Å². The molecule has 2 aromatic carbocycles. The van der Waals surface area contributed by atoms with Gasteiger partial charge in [-0.3, -0.25) is 10.1 Å². The fourth-order valence-electron chi connectivity index (χ4n) is 1.93. The van der Waals surface area contributed by atoms with Crippen molar-refractivity contribution < 1.29 is 31.8 Å². The normalized spacial score (nSPS) is 14.0. The second-order valence-corrected chi connectivity index (χ2v) is 9.03. The molecule has 0 radical (unpaired) electrons. The van der Waals surface area contributed by atoms with Gasteiger partial charge in [-0.05, 0) is 41.6 Å². The molecule has 134 valence electrons. The highest BCUT2D eigenvalue weighted by atomic mass is 35.7. The van der Waals surface area contributed by atoms with Gasteiger partial charge in [0, 0.05) is 12.7 Å². The van der Waals surface area contributed by atoms with E-state index in [2.05, 4.69) is 0 Å². The van der Waals surface area contributed by atoms with Crippen molar-refractivity contribution in [1.82, 2.24) is 0 Å². The van der Waals surface area contributed by atoms with Crippen LogP contribution in [0.15, 0.2) is 36.4 Å². The molecule has 25 heavy (non-hydrogen) atoms. The Hall–Kier alpha value is -2.12. The molecule has 1 atom stereocenters. The van der Waals surface area contributed by atoms with Gasteiger partial charge in [-0.1, -0.05) is 0 Å². The minimum Gasteiger partial charge on any atom is -0.454 e. The summed E-state index contributed by atoms with van der Waals surface area (Å²) < 4.78 is 68.4. The molecule has 0 aromatic heterocycles. The number of rotatable bonds is 4. The fraction of sp³-hybridized carbons (Fsp3) is 0.143. The first-order chi connectivity index (χ1) is 11.4. The molecule has 0 fully saturated rings. The van der Waals surface area contributed by atoms with E-state index < -0.39 is 40.4 Å². The Balaban J connectivity index is 2.42. The lowest BCUT2D eigenvalue weighted by Crippen LogP contribution is -2.08. The number of alkyl halides is 3. The van der Waals surface area contributed by atoms with Gasteiger partial charge in [-0.15, -0.1) is 0 Å². The Morgan fingerprint density at radius 1 is 1.20 bits per heavy atom. The van der Waals surface area contributed by atoms with Crippen molar-refractivity contribution in [2.45, 2.75) is 6.18 Å². The predicted octanol–water partition coefficient (Wildman–Crippen LogP) is 5.32. The Morgan fingerprint density at radius 3 is 2.32 bits per heavy atom. The van der Waals surface area contributed by atoms with Gasteiger partial charge in [0.05, 0.1) is 10.5 Å². The van der Waals surface area contributed by atoms with Gasteiger partial charge in [0.1, 0.15) is 11.1 Å². The van der Waals surface area contributed by atoms with E-state index in [-0.39, 0.29) is 17.1 Å². The molecule has 0 bridgehead atoms. The van der Waals surface area contributed by atoms with Crippen molar-refractivity contribution >= 4 is 28.7 Å². The number of nitro benzene ring substituents is 1. The lowest BCUT2D eigenvalue weighted by Gasteiger charge is -2.12. The summed E-state index contributed by atoms with van der Waals surface area (Å²) in [4.78, 5) is 10.1. The predicted molar refractivity (Wildman–Crippen MR) is 83.6 cm³/mol. The van der Waals surface area contributed by atoms with Crippen LogP contribution in [-0.4, -0.2) is 11.6 Å². The zero-order chi connectivity index (χ0) is 19.0. The van der Waals surface area contributed by atoms with Crippen molar-refractivity contribution in [2.24, 2.45) is 0 Å². The first kappa shape index (κ1) is 19.2. The molecule has 0 amide bonds. The van der Waals surface area contributed by atoms with E-state index in [1.165, 1.54) is 0 Å². The first-order valence-corrected chi connectivity index (χ1v) is 9.56. The number of ether oxygens (including phenoxy) is 1. The summed E-state index contributed by atoms with van der Waals surface area (Å²) in [5.74, 6) is -1.98. The molecule has 0 aliphatic rings. The molecule has 0 aliphatic carbocycles. The number of hydrogen-bond acceptors (Lipinski definition) is 4. The van der Waals surface area contributed by atoms with Crippen LogP contribution in [0.1, 0.15) is 5.56 Å². The largest absolute Gasteiger partial charge is 0.454 e. The number of nitro groups is 1. The van der Waals surface area contributed by atoms with E-state index in [0.29, 0.717) is 6.07 Å². The van der Waals surface area contributed by atoms with Gasteiger partial charge in [0.2, 0.25) is 6.49 Å². The van der Waals surface area contributed by atoms with Crippen molar-refractivity contribution in [1.29, 1.82) is 0 Å². The first-order valence-electron chi connectivity index (χ1n) is 6.50. The average Bonchev–Trinajstić information content (AvgIpc) is 2.47. The molecule has 0 saturated carbocycles. The molecule has 0 saturated heterocycles. The van der Waals surface area contributed by atoms with Gasteiger partial charge in [0.15, 0.2) is 11.6 Å². The Bertz CT molecular complexity index is 882. The van der Waals surface area contributed by atoms with E-state index in [4.69, 9.17) is 16.0 Å². The lowest BCUT2D eigenvalue weighted by atomic mass is 10.2.